The molecule has 2 aliphatic heterocycles. The number of Topliss-reactive ketones (excluding diaryl/α,β-unsaturated/α-hetero) is 1. The first-order chi connectivity index (χ1) is 17.7. The average Bonchev–Trinajstić information content (AvgIpc) is 3.51. The van der Waals surface area contributed by atoms with Gasteiger partial charge in [0, 0.05) is 30.6 Å². The fraction of sp³-hybridized carbons (Fsp3) is 0.231. The van der Waals surface area contributed by atoms with Gasteiger partial charge in [0.2, 0.25) is 0 Å². The highest BCUT2D eigenvalue weighted by atomic mass is 79.9. The normalized spacial score (nSPS) is 17.9. The Balaban J connectivity index is 1.31. The Morgan fingerprint density at radius 3 is 2.64 bits per heavy atom. The van der Waals surface area contributed by atoms with Gasteiger partial charge in [-0.2, -0.15) is 0 Å². The van der Waals surface area contributed by atoms with Gasteiger partial charge in [-0.25, -0.2) is 0 Å². The van der Waals surface area contributed by atoms with Gasteiger partial charge in [0.25, 0.3) is 5.89 Å². The molecule has 2 aliphatic rings. The van der Waals surface area contributed by atoms with Crippen LogP contribution in [0.4, 0.5) is 11.7 Å². The molecule has 1 N–H and O–H groups in total. The number of nitrogens with one attached hydrogen (secondary N) is 1. The van der Waals surface area contributed by atoms with Crippen LogP contribution in [0.1, 0.15) is 16.7 Å². The molecule has 2 aromatic carbocycles. The minimum atomic E-state index is -0.852. The van der Waals surface area contributed by atoms with Gasteiger partial charge in [0.1, 0.15) is 4.88 Å². The highest BCUT2D eigenvalue weighted by molar-refractivity contribution is 9.11. The van der Waals surface area contributed by atoms with E-state index in [4.69, 9.17) is 14.1 Å². The fourth-order valence-electron chi connectivity index (χ4n) is 4.43. The van der Waals surface area contributed by atoms with E-state index in [2.05, 4.69) is 42.4 Å². The van der Waals surface area contributed by atoms with E-state index in [0.29, 0.717) is 19.1 Å². The van der Waals surface area contributed by atoms with Crippen molar-refractivity contribution in [3.8, 4) is 10.8 Å². The Labute approximate surface area is 220 Å². The van der Waals surface area contributed by atoms with E-state index in [0.717, 1.165) is 49.8 Å². The monoisotopic (exact) mass is 563 g/mol. The zero-order chi connectivity index (χ0) is 24.5. The van der Waals surface area contributed by atoms with E-state index in [9.17, 15) is 4.79 Å². The third-order valence-corrected chi connectivity index (χ3v) is 7.78. The van der Waals surface area contributed by atoms with Gasteiger partial charge in [-0.3, -0.25) is 9.79 Å². The molecule has 1 saturated heterocycles. The molecule has 182 valence electrons. The number of ketones is 1. The fourth-order valence-corrected chi connectivity index (χ4v) is 5.96. The minimum Gasteiger partial charge on any atom is -0.402 e. The molecule has 0 bridgehead atoms. The van der Waals surface area contributed by atoms with E-state index in [1.54, 1.807) is 0 Å². The second-order valence-corrected chi connectivity index (χ2v) is 10.9. The summed E-state index contributed by atoms with van der Waals surface area (Å²) in [5, 5.41) is 11.6. The van der Waals surface area contributed by atoms with E-state index in [1.807, 2.05) is 54.6 Å². The Kier molecular flexibility index (Phi) is 6.39. The second kappa shape index (κ2) is 9.96. The molecule has 0 spiro atoms. The van der Waals surface area contributed by atoms with Crippen molar-refractivity contribution in [2.75, 3.05) is 36.5 Å². The molecule has 0 unspecified atom stereocenters. The Morgan fingerprint density at radius 1 is 1.03 bits per heavy atom. The van der Waals surface area contributed by atoms with Gasteiger partial charge in [0.15, 0.2) is 11.9 Å². The maximum Gasteiger partial charge on any atom is 0.317 e. The first kappa shape index (κ1) is 23.1. The number of carbonyl (C=O) groups excluding carboxylic acids is 1. The quantitative estimate of drug-likeness (QED) is 0.373. The third-order valence-electron chi connectivity index (χ3n) is 6.16. The van der Waals surface area contributed by atoms with Crippen LogP contribution in [0.2, 0.25) is 0 Å². The standard InChI is InChI=1S/C26H22BrN5O3S/c27-21-15-19(32-10-12-34-13-11-32)23(36-21)25-30-31-26(35-25)29-24-20(33)14-17-8-4-5-9-18(17)22(28-24)16-6-2-1-3-7-16/h1-9,15,24H,10-14H2,(H,29,31)/t24-/m1/s1. The summed E-state index contributed by atoms with van der Waals surface area (Å²) in [6, 6.07) is 20.0. The summed E-state index contributed by atoms with van der Waals surface area (Å²) in [5.41, 5.74) is 4.61. The number of nitrogens with zero attached hydrogens (tertiary/aromatic N) is 4. The van der Waals surface area contributed by atoms with Crippen molar-refractivity contribution in [1.29, 1.82) is 0 Å². The van der Waals surface area contributed by atoms with Crippen LogP contribution in [0.15, 0.2) is 73.9 Å². The lowest BCUT2D eigenvalue weighted by Crippen LogP contribution is -2.36. The number of thiophene rings is 1. The second-order valence-electron chi connectivity index (χ2n) is 8.47. The molecule has 36 heavy (non-hydrogen) atoms. The predicted molar refractivity (Wildman–Crippen MR) is 143 cm³/mol. The van der Waals surface area contributed by atoms with Crippen LogP contribution in [-0.2, 0) is 16.0 Å². The third kappa shape index (κ3) is 4.59. The zero-order valence-corrected chi connectivity index (χ0v) is 21.6. The summed E-state index contributed by atoms with van der Waals surface area (Å²) >= 11 is 5.11. The summed E-state index contributed by atoms with van der Waals surface area (Å²) in [5.74, 6) is 0.326. The topological polar surface area (TPSA) is 92.9 Å². The lowest BCUT2D eigenvalue weighted by atomic mass is 9.96. The van der Waals surface area contributed by atoms with Crippen molar-refractivity contribution in [3.63, 3.8) is 0 Å². The Bertz CT molecular complexity index is 1430. The number of aromatic nitrogens is 2. The van der Waals surface area contributed by atoms with Gasteiger partial charge in [-0.1, -0.05) is 59.7 Å². The van der Waals surface area contributed by atoms with E-state index in [-0.39, 0.29) is 18.2 Å². The molecular formula is C26H22BrN5O3S. The Morgan fingerprint density at radius 2 is 1.81 bits per heavy atom. The molecule has 2 aromatic heterocycles. The van der Waals surface area contributed by atoms with Gasteiger partial charge >= 0.3 is 6.01 Å². The van der Waals surface area contributed by atoms with Gasteiger partial charge in [-0.15, -0.1) is 16.4 Å². The number of rotatable bonds is 5. The van der Waals surface area contributed by atoms with Crippen LogP contribution >= 0.6 is 27.3 Å². The number of benzene rings is 2. The molecule has 0 saturated carbocycles. The van der Waals surface area contributed by atoms with E-state index < -0.39 is 6.17 Å². The summed E-state index contributed by atoms with van der Waals surface area (Å²) in [6.45, 7) is 2.95. The van der Waals surface area contributed by atoms with Crippen molar-refractivity contribution < 1.29 is 13.9 Å². The minimum absolute atomic E-state index is 0.0685. The van der Waals surface area contributed by atoms with E-state index in [1.165, 1.54) is 11.3 Å². The number of morpholine rings is 1. The van der Waals surface area contributed by atoms with Crippen molar-refractivity contribution in [2.45, 2.75) is 12.6 Å². The maximum atomic E-state index is 13.2. The molecule has 4 heterocycles. The molecule has 8 nitrogen and oxygen atoms in total. The molecular weight excluding hydrogens is 542 g/mol. The highest BCUT2D eigenvalue weighted by Crippen LogP contribution is 2.41. The largest absolute Gasteiger partial charge is 0.402 e. The predicted octanol–water partition coefficient (Wildman–Crippen LogP) is 4.80. The molecule has 1 fully saturated rings. The number of fused-ring (bicyclic) bond motifs is 1. The van der Waals surface area contributed by atoms with Crippen LogP contribution in [0, 0.1) is 0 Å². The average molecular weight is 564 g/mol. The summed E-state index contributed by atoms with van der Waals surface area (Å²) < 4.78 is 12.5. The number of ether oxygens (including phenoxy) is 1. The maximum absolute atomic E-state index is 13.2. The lowest BCUT2D eigenvalue weighted by Gasteiger charge is -2.28. The molecule has 6 rings (SSSR count). The van der Waals surface area contributed by atoms with Crippen molar-refractivity contribution in [1.82, 2.24) is 10.2 Å². The first-order valence-corrected chi connectivity index (χ1v) is 13.2. The van der Waals surface area contributed by atoms with Crippen LogP contribution in [0.25, 0.3) is 10.8 Å². The van der Waals surface area contributed by atoms with Crippen LogP contribution in [-0.4, -0.2) is 54.2 Å². The van der Waals surface area contributed by atoms with Crippen LogP contribution in [0.3, 0.4) is 0 Å². The van der Waals surface area contributed by atoms with Crippen molar-refractivity contribution >= 4 is 50.5 Å². The molecule has 0 aliphatic carbocycles. The summed E-state index contributed by atoms with van der Waals surface area (Å²) in [6.07, 6.45) is -0.594. The molecule has 10 heteroatoms. The molecule has 1 atom stereocenters. The lowest BCUT2D eigenvalue weighted by molar-refractivity contribution is -0.119. The number of anilines is 2. The number of halogens is 1. The highest BCUT2D eigenvalue weighted by Gasteiger charge is 2.28. The van der Waals surface area contributed by atoms with Crippen LogP contribution < -0.4 is 10.2 Å². The van der Waals surface area contributed by atoms with E-state index >= 15 is 0 Å². The molecule has 4 aromatic rings. The molecule has 0 radical (unpaired) electrons. The summed E-state index contributed by atoms with van der Waals surface area (Å²) in [4.78, 5) is 21.2. The first-order valence-electron chi connectivity index (χ1n) is 11.6. The SMILES string of the molecule is O=C1Cc2ccccc2C(c2ccccc2)=N[C@@H]1Nc1nnc(-c2sc(Br)cc2N2CCOCC2)o1. The summed E-state index contributed by atoms with van der Waals surface area (Å²) in [7, 11) is 0. The Hall–Kier alpha value is -3.34. The van der Waals surface area contributed by atoms with Crippen molar-refractivity contribution in [3.05, 3.63) is 81.1 Å². The van der Waals surface area contributed by atoms with Crippen molar-refractivity contribution in [2.24, 2.45) is 4.99 Å². The zero-order valence-electron chi connectivity index (χ0n) is 19.2. The van der Waals surface area contributed by atoms with Gasteiger partial charge in [-0.05, 0) is 27.6 Å². The number of hydrogen-bond acceptors (Lipinski definition) is 9. The van der Waals surface area contributed by atoms with Gasteiger partial charge in [0.05, 0.1) is 28.4 Å². The smallest absolute Gasteiger partial charge is 0.317 e. The number of hydrogen-bond donors (Lipinski definition) is 1. The number of aliphatic imine (C=N–C) groups is 1. The molecule has 0 amide bonds. The van der Waals surface area contributed by atoms with Crippen LogP contribution in [0.5, 0.6) is 0 Å². The van der Waals surface area contributed by atoms with Gasteiger partial charge < -0.3 is 19.4 Å². The number of carbonyl (C=O) groups is 1.